The molecule has 2 aliphatic heterocycles. The monoisotopic (exact) mass is 303 g/mol. The van der Waals surface area contributed by atoms with Crippen molar-refractivity contribution >= 4 is 17.2 Å². The molecule has 0 amide bonds. The van der Waals surface area contributed by atoms with E-state index in [1.54, 1.807) is 0 Å². The number of thiocarbonyl (C=S) groups is 1. The average Bonchev–Trinajstić information content (AvgIpc) is 2.47. The number of piperidine rings is 2. The van der Waals surface area contributed by atoms with Crippen molar-refractivity contribution in [3.63, 3.8) is 0 Å². The van der Waals surface area contributed by atoms with Crippen LogP contribution in [0.2, 0.25) is 0 Å². The lowest BCUT2D eigenvalue weighted by Gasteiger charge is -2.46. The Bertz CT molecular complexity index is 517. The highest BCUT2D eigenvalue weighted by molar-refractivity contribution is 7.80. The molecule has 1 aromatic rings. The Morgan fingerprint density at radius 2 is 2.19 bits per heavy atom. The molecule has 2 unspecified atom stereocenters. The van der Waals surface area contributed by atoms with Gasteiger partial charge in [0.05, 0.1) is 0 Å². The van der Waals surface area contributed by atoms with Gasteiger partial charge in [-0.2, -0.15) is 0 Å². The summed E-state index contributed by atoms with van der Waals surface area (Å²) in [4.78, 5) is 5.65. The minimum Gasteiger partial charge on any atom is -0.389 e. The Labute approximate surface area is 133 Å². The molecule has 3 nitrogen and oxygen atoms in total. The maximum Gasteiger partial charge on any atom is 0.103 e. The van der Waals surface area contributed by atoms with Crippen molar-refractivity contribution in [1.29, 1.82) is 0 Å². The quantitative estimate of drug-likeness (QED) is 0.868. The minimum atomic E-state index is 0.490. The molecular weight excluding hydrogens is 278 g/mol. The number of hydrogen-bond acceptors (Lipinski definition) is 3. The van der Waals surface area contributed by atoms with Crippen LogP contribution < -0.4 is 5.73 Å². The molecule has 114 valence electrons. The average molecular weight is 303 g/mol. The molecule has 4 heteroatoms. The molecule has 2 N–H and O–H groups in total. The van der Waals surface area contributed by atoms with Crippen LogP contribution in [0.5, 0.6) is 0 Å². The Morgan fingerprint density at radius 3 is 3.00 bits per heavy atom. The van der Waals surface area contributed by atoms with Crippen LogP contribution in [-0.2, 0) is 6.54 Å². The van der Waals surface area contributed by atoms with E-state index in [1.165, 1.54) is 44.5 Å². The van der Waals surface area contributed by atoms with E-state index < -0.39 is 0 Å². The van der Waals surface area contributed by atoms with Crippen molar-refractivity contribution < 1.29 is 0 Å². The summed E-state index contributed by atoms with van der Waals surface area (Å²) < 4.78 is 0. The van der Waals surface area contributed by atoms with Gasteiger partial charge in [0.2, 0.25) is 0 Å². The number of likely N-dealkylation sites (tertiary alicyclic amines) is 2. The van der Waals surface area contributed by atoms with Gasteiger partial charge in [0, 0.05) is 24.7 Å². The summed E-state index contributed by atoms with van der Waals surface area (Å²) >= 11 is 5.07. The van der Waals surface area contributed by atoms with Gasteiger partial charge in [-0.3, -0.25) is 4.90 Å². The topological polar surface area (TPSA) is 32.5 Å². The van der Waals surface area contributed by atoms with Gasteiger partial charge < -0.3 is 10.6 Å². The fourth-order valence-electron chi connectivity index (χ4n) is 3.95. The first-order valence-corrected chi connectivity index (χ1v) is 8.35. The highest BCUT2D eigenvalue weighted by atomic mass is 32.1. The molecule has 2 saturated heterocycles. The van der Waals surface area contributed by atoms with Crippen molar-refractivity contribution in [2.45, 2.75) is 31.8 Å². The predicted octanol–water partition coefficient (Wildman–Crippen LogP) is 2.24. The standard InChI is InChI=1S/C17H25N3S/c1-19-8-3-6-15-12-20(9-7-16(15)19)11-13-4-2-5-14(10-13)17(18)21/h2,4-5,10,15-16H,3,6-9,11-12H2,1H3,(H2,18,21). The first-order chi connectivity index (χ1) is 10.1. The number of nitrogens with two attached hydrogens (primary N) is 1. The van der Waals surface area contributed by atoms with Crippen LogP contribution in [0.15, 0.2) is 24.3 Å². The van der Waals surface area contributed by atoms with Crippen molar-refractivity contribution in [3.05, 3.63) is 35.4 Å². The van der Waals surface area contributed by atoms with Crippen LogP contribution in [0.4, 0.5) is 0 Å². The maximum atomic E-state index is 5.73. The van der Waals surface area contributed by atoms with Gasteiger partial charge in [-0.15, -0.1) is 0 Å². The molecule has 0 bridgehead atoms. The summed E-state index contributed by atoms with van der Waals surface area (Å²) in [5.74, 6) is 0.844. The summed E-state index contributed by atoms with van der Waals surface area (Å²) in [6.07, 6.45) is 4.04. The van der Waals surface area contributed by atoms with E-state index in [1.807, 2.05) is 6.07 Å². The zero-order valence-electron chi connectivity index (χ0n) is 12.8. The molecule has 21 heavy (non-hydrogen) atoms. The van der Waals surface area contributed by atoms with E-state index in [0.717, 1.165) is 24.1 Å². The van der Waals surface area contributed by atoms with Crippen LogP contribution >= 0.6 is 12.2 Å². The molecule has 3 rings (SSSR count). The number of nitrogens with zero attached hydrogens (tertiary/aromatic N) is 2. The van der Waals surface area contributed by atoms with Gasteiger partial charge in [0.25, 0.3) is 0 Å². The number of fused-ring (bicyclic) bond motifs is 1. The second-order valence-electron chi connectivity index (χ2n) is 6.54. The van der Waals surface area contributed by atoms with Gasteiger partial charge in [-0.1, -0.05) is 30.4 Å². The summed E-state index contributed by atoms with van der Waals surface area (Å²) in [7, 11) is 2.29. The zero-order valence-corrected chi connectivity index (χ0v) is 13.6. The fourth-order valence-corrected chi connectivity index (χ4v) is 4.08. The Balaban J connectivity index is 1.64. The van der Waals surface area contributed by atoms with E-state index in [2.05, 4.69) is 35.0 Å². The Hall–Kier alpha value is -0.970. The van der Waals surface area contributed by atoms with Gasteiger partial charge in [-0.05, 0) is 56.9 Å². The highest BCUT2D eigenvalue weighted by Crippen LogP contribution is 2.30. The third kappa shape index (κ3) is 3.44. The summed E-state index contributed by atoms with van der Waals surface area (Å²) in [6, 6.07) is 9.18. The summed E-state index contributed by atoms with van der Waals surface area (Å²) in [5, 5.41) is 0. The van der Waals surface area contributed by atoms with Gasteiger partial charge in [-0.25, -0.2) is 0 Å². The smallest absolute Gasteiger partial charge is 0.103 e. The summed E-state index contributed by atoms with van der Waals surface area (Å²) in [5.41, 5.74) is 8.03. The Kier molecular flexibility index (Phi) is 4.57. The van der Waals surface area contributed by atoms with Gasteiger partial charge in [0.1, 0.15) is 4.99 Å². The van der Waals surface area contributed by atoms with Crippen LogP contribution in [-0.4, -0.2) is 47.5 Å². The molecule has 2 atom stereocenters. The molecule has 2 fully saturated rings. The van der Waals surface area contributed by atoms with E-state index in [4.69, 9.17) is 18.0 Å². The molecule has 0 aliphatic carbocycles. The van der Waals surface area contributed by atoms with Crippen molar-refractivity contribution in [3.8, 4) is 0 Å². The fraction of sp³-hybridized carbons (Fsp3) is 0.588. The second-order valence-corrected chi connectivity index (χ2v) is 6.98. The first-order valence-electron chi connectivity index (χ1n) is 7.95. The van der Waals surface area contributed by atoms with Crippen molar-refractivity contribution in [1.82, 2.24) is 9.80 Å². The number of rotatable bonds is 3. The van der Waals surface area contributed by atoms with E-state index >= 15 is 0 Å². The first kappa shape index (κ1) is 14.9. The third-order valence-electron chi connectivity index (χ3n) is 5.05. The lowest BCUT2D eigenvalue weighted by atomic mass is 9.84. The molecule has 2 aliphatic rings. The van der Waals surface area contributed by atoms with Crippen LogP contribution in [0, 0.1) is 5.92 Å². The molecule has 0 saturated carbocycles. The predicted molar refractivity (Wildman–Crippen MR) is 91.4 cm³/mol. The lowest BCUT2D eigenvalue weighted by Crippen LogP contribution is -2.52. The SMILES string of the molecule is CN1CCCC2CN(Cc3cccc(C(N)=S)c3)CCC21. The zero-order chi connectivity index (χ0) is 14.8. The molecule has 1 aromatic carbocycles. The van der Waals surface area contributed by atoms with Gasteiger partial charge >= 0.3 is 0 Å². The second kappa shape index (κ2) is 6.42. The Morgan fingerprint density at radius 1 is 1.33 bits per heavy atom. The van der Waals surface area contributed by atoms with E-state index in [0.29, 0.717) is 4.99 Å². The molecule has 0 aromatic heterocycles. The van der Waals surface area contributed by atoms with Crippen LogP contribution in [0.3, 0.4) is 0 Å². The number of hydrogen-bond donors (Lipinski definition) is 1. The molecule has 0 radical (unpaired) electrons. The van der Waals surface area contributed by atoms with Gasteiger partial charge in [0.15, 0.2) is 0 Å². The van der Waals surface area contributed by atoms with Crippen molar-refractivity contribution in [2.24, 2.45) is 11.7 Å². The minimum absolute atomic E-state index is 0.490. The van der Waals surface area contributed by atoms with Crippen LogP contribution in [0.1, 0.15) is 30.4 Å². The maximum absolute atomic E-state index is 5.73. The lowest BCUT2D eigenvalue weighted by molar-refractivity contribution is 0.0355. The third-order valence-corrected chi connectivity index (χ3v) is 5.28. The van der Waals surface area contributed by atoms with E-state index in [9.17, 15) is 0 Å². The summed E-state index contributed by atoms with van der Waals surface area (Å²) in [6.45, 7) is 4.72. The largest absolute Gasteiger partial charge is 0.389 e. The molecule has 0 spiro atoms. The molecule has 2 heterocycles. The van der Waals surface area contributed by atoms with Crippen LogP contribution in [0.25, 0.3) is 0 Å². The normalized spacial score (nSPS) is 27.3. The molecular formula is C17H25N3S. The number of benzene rings is 1. The van der Waals surface area contributed by atoms with E-state index in [-0.39, 0.29) is 0 Å². The highest BCUT2D eigenvalue weighted by Gasteiger charge is 2.33. The van der Waals surface area contributed by atoms with Crippen molar-refractivity contribution in [2.75, 3.05) is 26.7 Å².